The molecule has 178 valence electrons. The average Bonchev–Trinajstić information content (AvgIpc) is 3.11. The summed E-state index contributed by atoms with van der Waals surface area (Å²) >= 11 is 0. The number of carbonyl (C=O) groups is 4. The van der Waals surface area contributed by atoms with Crippen LogP contribution >= 0.6 is 0 Å². The molecule has 0 unspecified atom stereocenters. The third-order valence-electron chi connectivity index (χ3n) is 6.00. The number of amides is 3. The van der Waals surface area contributed by atoms with E-state index < -0.39 is 17.8 Å². The molecule has 34 heavy (non-hydrogen) atoms. The fourth-order valence-electron chi connectivity index (χ4n) is 4.08. The number of benzene rings is 2. The SMILES string of the molecule is CCCCN1C(=O)c2ccc(C(=O)Nc3ccc(N4CCOCC4)cc3C(=O)OC)cc2C1=O. The number of anilines is 2. The summed E-state index contributed by atoms with van der Waals surface area (Å²) in [7, 11) is 1.28. The van der Waals surface area contributed by atoms with Gasteiger partial charge in [0.2, 0.25) is 0 Å². The number of ether oxygens (including phenoxy) is 2. The molecule has 2 aliphatic heterocycles. The predicted octanol–water partition coefficient (Wildman–Crippen LogP) is 2.96. The number of hydrogen-bond acceptors (Lipinski definition) is 7. The molecule has 1 N–H and O–H groups in total. The number of rotatable bonds is 7. The van der Waals surface area contributed by atoms with Crippen LogP contribution in [0, 0.1) is 0 Å². The maximum absolute atomic E-state index is 13.0. The van der Waals surface area contributed by atoms with Gasteiger partial charge >= 0.3 is 5.97 Å². The molecule has 0 aromatic heterocycles. The van der Waals surface area contributed by atoms with Gasteiger partial charge in [0, 0.05) is 30.9 Å². The molecule has 2 aliphatic rings. The quantitative estimate of drug-likeness (QED) is 0.495. The highest BCUT2D eigenvalue weighted by Gasteiger charge is 2.35. The standard InChI is InChI=1S/C25H27N3O6/c1-3-4-9-28-23(30)18-7-5-16(14-19(18)24(28)31)22(29)26-21-8-6-17(15-20(21)25(32)33-2)27-10-12-34-13-11-27/h5-8,14-15H,3-4,9-13H2,1-2H3,(H,26,29). The van der Waals surface area contributed by atoms with Crippen LogP contribution in [0.25, 0.3) is 0 Å². The Morgan fingerprint density at radius 3 is 2.47 bits per heavy atom. The van der Waals surface area contributed by atoms with Crippen molar-refractivity contribution in [2.75, 3.05) is 50.2 Å². The van der Waals surface area contributed by atoms with Crippen LogP contribution in [-0.2, 0) is 9.47 Å². The number of fused-ring (bicyclic) bond motifs is 1. The smallest absolute Gasteiger partial charge is 0.340 e. The van der Waals surface area contributed by atoms with E-state index in [1.54, 1.807) is 12.1 Å². The van der Waals surface area contributed by atoms with Gasteiger partial charge in [-0.2, -0.15) is 0 Å². The number of nitrogens with one attached hydrogen (secondary N) is 1. The van der Waals surface area contributed by atoms with Crippen molar-refractivity contribution in [1.29, 1.82) is 0 Å². The maximum Gasteiger partial charge on any atom is 0.340 e. The van der Waals surface area contributed by atoms with Gasteiger partial charge in [-0.05, 0) is 42.8 Å². The summed E-state index contributed by atoms with van der Waals surface area (Å²) in [6, 6.07) is 9.59. The number of hydrogen-bond donors (Lipinski definition) is 1. The molecule has 0 aliphatic carbocycles. The highest BCUT2D eigenvalue weighted by Crippen LogP contribution is 2.27. The summed E-state index contributed by atoms with van der Waals surface area (Å²) in [6.45, 7) is 4.93. The molecule has 2 aromatic carbocycles. The number of imide groups is 1. The van der Waals surface area contributed by atoms with Gasteiger partial charge in [-0.3, -0.25) is 19.3 Å². The van der Waals surface area contributed by atoms with Crippen molar-refractivity contribution in [1.82, 2.24) is 4.90 Å². The average molecular weight is 466 g/mol. The zero-order chi connectivity index (χ0) is 24.2. The molecule has 1 fully saturated rings. The molecule has 0 bridgehead atoms. The van der Waals surface area contributed by atoms with E-state index in [1.807, 2.05) is 13.0 Å². The van der Waals surface area contributed by atoms with E-state index >= 15 is 0 Å². The van der Waals surface area contributed by atoms with Crippen molar-refractivity contribution in [3.63, 3.8) is 0 Å². The molecular formula is C25H27N3O6. The molecule has 2 heterocycles. The normalized spacial score (nSPS) is 15.4. The Morgan fingerprint density at radius 1 is 1.03 bits per heavy atom. The monoisotopic (exact) mass is 465 g/mol. The molecule has 4 rings (SSSR count). The van der Waals surface area contributed by atoms with Crippen LogP contribution in [-0.4, -0.2) is 68.5 Å². The van der Waals surface area contributed by atoms with E-state index in [0.717, 1.165) is 18.5 Å². The van der Waals surface area contributed by atoms with Crippen LogP contribution in [0.4, 0.5) is 11.4 Å². The second-order valence-electron chi connectivity index (χ2n) is 8.15. The number of esters is 1. The van der Waals surface area contributed by atoms with Crippen LogP contribution < -0.4 is 10.2 Å². The molecule has 0 spiro atoms. The van der Waals surface area contributed by atoms with Gasteiger partial charge in [0.15, 0.2) is 0 Å². The van der Waals surface area contributed by atoms with Crippen molar-refractivity contribution in [3.8, 4) is 0 Å². The van der Waals surface area contributed by atoms with E-state index in [-0.39, 0.29) is 22.6 Å². The minimum Gasteiger partial charge on any atom is -0.465 e. The lowest BCUT2D eigenvalue weighted by Gasteiger charge is -2.29. The minimum atomic E-state index is -0.577. The van der Waals surface area contributed by atoms with E-state index in [0.29, 0.717) is 44.1 Å². The van der Waals surface area contributed by atoms with Crippen molar-refractivity contribution >= 4 is 35.1 Å². The summed E-state index contributed by atoms with van der Waals surface area (Å²) in [4.78, 5) is 54.0. The van der Waals surface area contributed by atoms with Gasteiger partial charge in [0.25, 0.3) is 17.7 Å². The first-order valence-corrected chi connectivity index (χ1v) is 11.3. The number of methoxy groups -OCH3 is 1. The Labute approximate surface area is 197 Å². The molecule has 1 saturated heterocycles. The predicted molar refractivity (Wildman–Crippen MR) is 125 cm³/mol. The van der Waals surface area contributed by atoms with Gasteiger partial charge in [0.05, 0.1) is 42.7 Å². The summed E-state index contributed by atoms with van der Waals surface area (Å²) in [5, 5.41) is 2.74. The summed E-state index contributed by atoms with van der Waals surface area (Å²) in [6.07, 6.45) is 1.57. The molecule has 0 atom stereocenters. The van der Waals surface area contributed by atoms with Crippen molar-refractivity contribution in [2.45, 2.75) is 19.8 Å². The lowest BCUT2D eigenvalue weighted by molar-refractivity contribution is 0.0599. The van der Waals surface area contributed by atoms with Crippen LogP contribution in [0.1, 0.15) is 61.2 Å². The van der Waals surface area contributed by atoms with Crippen LogP contribution in [0.5, 0.6) is 0 Å². The molecule has 9 heteroatoms. The molecular weight excluding hydrogens is 438 g/mol. The Balaban J connectivity index is 1.57. The van der Waals surface area contributed by atoms with Crippen molar-refractivity contribution < 1.29 is 28.7 Å². The number of nitrogens with zero attached hydrogens (tertiary/aromatic N) is 2. The largest absolute Gasteiger partial charge is 0.465 e. The van der Waals surface area contributed by atoms with Gasteiger partial charge in [-0.1, -0.05) is 13.3 Å². The Morgan fingerprint density at radius 2 is 1.76 bits per heavy atom. The third-order valence-corrected chi connectivity index (χ3v) is 6.00. The highest BCUT2D eigenvalue weighted by molar-refractivity contribution is 6.22. The molecule has 2 aromatic rings. The highest BCUT2D eigenvalue weighted by atomic mass is 16.5. The first-order chi connectivity index (χ1) is 16.4. The van der Waals surface area contributed by atoms with Crippen LogP contribution in [0.15, 0.2) is 36.4 Å². The van der Waals surface area contributed by atoms with Gasteiger partial charge in [-0.25, -0.2) is 4.79 Å². The first-order valence-electron chi connectivity index (χ1n) is 11.3. The van der Waals surface area contributed by atoms with E-state index in [4.69, 9.17) is 9.47 Å². The van der Waals surface area contributed by atoms with Crippen molar-refractivity contribution in [2.24, 2.45) is 0 Å². The van der Waals surface area contributed by atoms with E-state index in [1.165, 1.54) is 30.2 Å². The summed E-state index contributed by atoms with van der Waals surface area (Å²) < 4.78 is 10.3. The Hall–Kier alpha value is -3.72. The number of morpholine rings is 1. The maximum atomic E-state index is 13.0. The van der Waals surface area contributed by atoms with Crippen LogP contribution in [0.2, 0.25) is 0 Å². The zero-order valence-corrected chi connectivity index (χ0v) is 19.3. The zero-order valence-electron chi connectivity index (χ0n) is 19.3. The fraction of sp³-hybridized carbons (Fsp3) is 0.360. The number of carbonyl (C=O) groups excluding carboxylic acids is 4. The van der Waals surface area contributed by atoms with Gasteiger partial charge in [-0.15, -0.1) is 0 Å². The van der Waals surface area contributed by atoms with E-state index in [9.17, 15) is 19.2 Å². The first kappa shape index (κ1) is 23.4. The number of unbranched alkanes of at least 4 members (excludes halogenated alkanes) is 1. The Kier molecular flexibility index (Phi) is 6.93. The van der Waals surface area contributed by atoms with Gasteiger partial charge in [0.1, 0.15) is 0 Å². The van der Waals surface area contributed by atoms with Crippen LogP contribution in [0.3, 0.4) is 0 Å². The topological polar surface area (TPSA) is 105 Å². The van der Waals surface area contributed by atoms with E-state index in [2.05, 4.69) is 10.2 Å². The lowest BCUT2D eigenvalue weighted by Crippen LogP contribution is -2.36. The molecule has 0 saturated carbocycles. The molecule has 9 nitrogen and oxygen atoms in total. The molecule has 3 amide bonds. The second kappa shape index (κ2) is 10.0. The lowest BCUT2D eigenvalue weighted by atomic mass is 10.0. The summed E-state index contributed by atoms with van der Waals surface area (Å²) in [5.41, 5.74) is 2.06. The Bertz CT molecular complexity index is 1140. The third kappa shape index (κ3) is 4.51. The van der Waals surface area contributed by atoms with Gasteiger partial charge < -0.3 is 19.7 Å². The molecule has 0 radical (unpaired) electrons. The second-order valence-corrected chi connectivity index (χ2v) is 8.15. The fourth-order valence-corrected chi connectivity index (χ4v) is 4.08. The minimum absolute atomic E-state index is 0.213. The summed E-state index contributed by atoms with van der Waals surface area (Å²) in [5.74, 6) is -1.81. The van der Waals surface area contributed by atoms with Crippen molar-refractivity contribution in [3.05, 3.63) is 58.7 Å².